The van der Waals surface area contributed by atoms with Gasteiger partial charge in [-0.25, -0.2) is 8.78 Å². The van der Waals surface area contributed by atoms with Crippen molar-refractivity contribution in [3.63, 3.8) is 0 Å². The molecule has 0 heterocycles. The Kier molecular flexibility index (Phi) is 28.7. The maximum atomic E-state index is 12.4. The Morgan fingerprint density at radius 3 is 0.795 bits per heavy atom. The fraction of sp³-hybridized carbons (Fsp3) is 0.714. The normalized spacial score (nSPS) is 27.9. The molecule has 9 rings (SSSR count). The number of rotatable bonds is 18. The Hall–Kier alpha value is -3.40. The first-order valence-corrected chi connectivity index (χ1v) is 36.9. The fourth-order valence-electron chi connectivity index (χ4n) is 18.9. The molecule has 3 aromatic rings. The summed E-state index contributed by atoms with van der Waals surface area (Å²) in [5, 5.41) is 0. The molecule has 0 saturated heterocycles. The fourth-order valence-corrected chi connectivity index (χ4v) is 18.9. The van der Waals surface area contributed by atoms with Crippen LogP contribution in [0.4, 0.5) is 17.6 Å². The highest BCUT2D eigenvalue weighted by molar-refractivity contribution is 5.54. The molecule has 0 amide bonds. The Labute approximate surface area is 538 Å². The molecule has 0 bridgehead atoms. The highest BCUT2D eigenvalue weighted by atomic mass is 19.3. The van der Waals surface area contributed by atoms with Crippen LogP contribution in [0.1, 0.15) is 331 Å². The summed E-state index contributed by atoms with van der Waals surface area (Å²) in [5.74, 6) is 9.40. The zero-order valence-electron chi connectivity index (χ0n) is 59.2. The highest BCUT2D eigenvalue weighted by Crippen LogP contribution is 2.47. The second-order valence-corrected chi connectivity index (χ2v) is 31.2. The van der Waals surface area contributed by atoms with Crippen LogP contribution in [0.25, 0.3) is 0 Å². The van der Waals surface area contributed by atoms with Gasteiger partial charge in [0, 0.05) is 0 Å². The molecule has 0 aromatic heterocycles. The summed E-state index contributed by atoms with van der Waals surface area (Å²) >= 11 is 0. The van der Waals surface area contributed by atoms with Gasteiger partial charge in [-0.2, -0.15) is 8.78 Å². The summed E-state index contributed by atoms with van der Waals surface area (Å²) in [7, 11) is 0. The van der Waals surface area contributed by atoms with Gasteiger partial charge in [0.2, 0.25) is 0 Å². The van der Waals surface area contributed by atoms with Crippen LogP contribution < -0.4 is 0 Å². The SMILES string of the molecule is Cc1c(C)c(C2CCC(C)CC2)c(C)c(C)c1CCC1CCC(C/C=C/F)CC1.Cc1c(C)c(C2CCC(CC=C(F)F)CC2)c(C)c(C)c1C1CCC(C)CC1.Cc1c(C)c(CCC2CCC(C/C=C/F)CC2)c(C)c(C)c1CCC1CCC(C)CC1. The highest BCUT2D eigenvalue weighted by Gasteiger charge is 2.32. The maximum Gasteiger partial charge on any atom is 0.266 e. The third kappa shape index (κ3) is 19.3. The van der Waals surface area contributed by atoms with E-state index in [2.05, 4.69) is 104 Å². The molecule has 6 aliphatic rings. The van der Waals surface area contributed by atoms with Gasteiger partial charge in [-0.3, -0.25) is 0 Å². The van der Waals surface area contributed by atoms with Crippen LogP contribution in [0.5, 0.6) is 0 Å². The molecule has 0 radical (unpaired) electrons. The molecule has 0 N–H and O–H groups in total. The molecule has 0 spiro atoms. The van der Waals surface area contributed by atoms with Gasteiger partial charge in [-0.1, -0.05) is 110 Å². The second kappa shape index (κ2) is 35.0. The quantitative estimate of drug-likeness (QED) is 0.111. The predicted molar refractivity (Wildman–Crippen MR) is 373 cm³/mol. The van der Waals surface area contributed by atoms with E-state index >= 15 is 0 Å². The van der Waals surface area contributed by atoms with Gasteiger partial charge in [0.1, 0.15) is 0 Å². The van der Waals surface area contributed by atoms with Crippen molar-refractivity contribution in [2.75, 3.05) is 0 Å². The zero-order chi connectivity index (χ0) is 63.8. The molecular formula is C84H128F4. The van der Waals surface area contributed by atoms with Crippen LogP contribution in [-0.2, 0) is 19.3 Å². The first kappa shape index (κ1) is 72.0. The number of hydrogen-bond donors (Lipinski definition) is 0. The number of halogens is 4. The van der Waals surface area contributed by atoms with E-state index in [0.717, 1.165) is 105 Å². The summed E-state index contributed by atoms with van der Waals surface area (Å²) in [4.78, 5) is 0. The average Bonchev–Trinajstić information content (AvgIpc) is 3.19. The van der Waals surface area contributed by atoms with E-state index < -0.39 is 6.08 Å². The van der Waals surface area contributed by atoms with Crippen molar-refractivity contribution in [2.24, 2.45) is 53.3 Å². The Morgan fingerprint density at radius 2 is 0.511 bits per heavy atom. The first-order chi connectivity index (χ1) is 42.1. The maximum absolute atomic E-state index is 12.4. The van der Waals surface area contributed by atoms with Gasteiger partial charge in [0.15, 0.2) is 0 Å². The van der Waals surface area contributed by atoms with Crippen molar-refractivity contribution in [1.82, 2.24) is 0 Å². The Balaban J connectivity index is 0.000000189. The molecule has 0 atom stereocenters. The average molecular weight is 1210 g/mol. The van der Waals surface area contributed by atoms with Crippen LogP contribution in [0.3, 0.4) is 0 Å². The molecule has 6 saturated carbocycles. The van der Waals surface area contributed by atoms with Crippen LogP contribution in [0.2, 0.25) is 0 Å². The van der Waals surface area contributed by atoms with Crippen LogP contribution in [0.15, 0.2) is 37.0 Å². The lowest BCUT2D eigenvalue weighted by atomic mass is 9.70. The van der Waals surface area contributed by atoms with Crippen molar-refractivity contribution in [2.45, 2.75) is 333 Å². The first-order valence-electron chi connectivity index (χ1n) is 36.9. The molecule has 0 aliphatic heterocycles. The van der Waals surface area contributed by atoms with Crippen molar-refractivity contribution in [1.29, 1.82) is 0 Å². The lowest BCUT2D eigenvalue weighted by Crippen LogP contribution is -2.18. The summed E-state index contributed by atoms with van der Waals surface area (Å²) < 4.78 is 49.3. The molecular weight excluding hydrogens is 1080 g/mol. The van der Waals surface area contributed by atoms with Crippen LogP contribution in [-0.4, -0.2) is 0 Å². The van der Waals surface area contributed by atoms with Crippen LogP contribution >= 0.6 is 0 Å². The predicted octanol–water partition coefficient (Wildman–Crippen LogP) is 26.8. The lowest BCUT2D eigenvalue weighted by Gasteiger charge is -2.34. The molecule has 0 unspecified atom stereocenters. The van der Waals surface area contributed by atoms with Gasteiger partial charge in [-0.05, 0) is 395 Å². The molecule has 88 heavy (non-hydrogen) atoms. The van der Waals surface area contributed by atoms with Gasteiger partial charge < -0.3 is 0 Å². The zero-order valence-corrected chi connectivity index (χ0v) is 59.2. The number of allylic oxidation sites excluding steroid dienone is 3. The third-order valence-corrected chi connectivity index (χ3v) is 25.8. The Bertz CT molecular complexity index is 2650. The van der Waals surface area contributed by atoms with Crippen molar-refractivity contribution in [3.8, 4) is 0 Å². The second-order valence-electron chi connectivity index (χ2n) is 31.2. The minimum Gasteiger partial charge on any atom is -0.216 e. The summed E-state index contributed by atoms with van der Waals surface area (Å²) in [5.41, 5.74) is 28.5. The lowest BCUT2D eigenvalue weighted by molar-refractivity contribution is 0.264. The number of hydrogen-bond acceptors (Lipinski definition) is 0. The molecule has 492 valence electrons. The minimum absolute atomic E-state index is 0.434. The molecule has 0 nitrogen and oxygen atoms in total. The van der Waals surface area contributed by atoms with Crippen molar-refractivity contribution >= 4 is 0 Å². The Morgan fingerprint density at radius 1 is 0.295 bits per heavy atom. The van der Waals surface area contributed by atoms with E-state index in [-0.39, 0.29) is 0 Å². The monoisotopic (exact) mass is 1210 g/mol. The van der Waals surface area contributed by atoms with E-state index in [1.165, 1.54) is 189 Å². The smallest absolute Gasteiger partial charge is 0.216 e. The van der Waals surface area contributed by atoms with E-state index in [1.54, 1.807) is 90.0 Å². The minimum atomic E-state index is -1.52. The van der Waals surface area contributed by atoms with Gasteiger partial charge in [0.25, 0.3) is 6.08 Å². The van der Waals surface area contributed by atoms with Gasteiger partial charge in [-0.15, -0.1) is 0 Å². The molecule has 3 aromatic carbocycles. The van der Waals surface area contributed by atoms with Crippen molar-refractivity contribution in [3.05, 3.63) is 137 Å². The number of benzene rings is 3. The van der Waals surface area contributed by atoms with Gasteiger partial charge in [0.05, 0.1) is 12.7 Å². The van der Waals surface area contributed by atoms with Crippen LogP contribution in [0, 0.1) is 136 Å². The summed E-state index contributed by atoms with van der Waals surface area (Å²) in [6.45, 7) is 35.7. The van der Waals surface area contributed by atoms with E-state index in [9.17, 15) is 17.6 Å². The van der Waals surface area contributed by atoms with Crippen molar-refractivity contribution < 1.29 is 17.6 Å². The molecule has 6 aliphatic carbocycles. The molecule has 4 heteroatoms. The third-order valence-electron chi connectivity index (χ3n) is 25.8. The summed E-state index contributed by atoms with van der Waals surface area (Å²) in [6, 6.07) is 0. The topological polar surface area (TPSA) is 0 Å². The largest absolute Gasteiger partial charge is 0.266 e. The van der Waals surface area contributed by atoms with Gasteiger partial charge >= 0.3 is 0 Å². The van der Waals surface area contributed by atoms with E-state index in [1.807, 2.05) is 0 Å². The standard InChI is InChI=1S/C30H47F.C28H43F.C26H38F2/c1-21-8-10-27(11-9-21)16-18-29-22(2)24(4)30(25(5)23(29)3)19-17-28-14-12-26(13-15-28)7-6-20-31;1-19-8-15-26(16-9-19)28-22(4)20(2)27(21(3)23(28)5)17-14-25-12-10-24(11-13-25)7-6-18-29;1-16-6-11-22(12-7-16)25-17(2)19(4)26(20(5)18(25)3)23-13-8-21(9-14-23)10-15-24(27)28/h6,20-21,26-28H,7-19H2,1-5H3;6,18-19,24-26H,7-17H2,1-5H3;15-16,21-23H,6-14H2,1-5H3/b20-6+;18-6+;. The van der Waals surface area contributed by atoms with E-state index in [4.69, 9.17) is 0 Å². The van der Waals surface area contributed by atoms with E-state index in [0.29, 0.717) is 30.1 Å². The summed E-state index contributed by atoms with van der Waals surface area (Å²) in [6.07, 6.45) is 46.3. The molecule has 6 fully saturated rings.